The molecule has 1 atom stereocenters. The van der Waals surface area contributed by atoms with Crippen molar-refractivity contribution in [1.82, 2.24) is 9.88 Å². The summed E-state index contributed by atoms with van der Waals surface area (Å²) in [6.45, 7) is 6.78. The number of halogens is 2. The molecule has 1 aromatic carbocycles. The zero-order chi connectivity index (χ0) is 16.3. The first-order valence-corrected chi connectivity index (χ1v) is 7.77. The van der Waals surface area contributed by atoms with Crippen LogP contribution in [0.3, 0.4) is 0 Å². The summed E-state index contributed by atoms with van der Waals surface area (Å²) in [4.78, 5) is 19.0. The molecule has 4 nitrogen and oxygen atoms in total. The highest BCUT2D eigenvalue weighted by atomic mass is 35.5. The predicted molar refractivity (Wildman–Crippen MR) is 105 cm³/mol. The van der Waals surface area contributed by atoms with Gasteiger partial charge in [0.2, 0.25) is 0 Å². The molecule has 2 N–H and O–H groups in total. The molecule has 1 aromatic heterocycles. The van der Waals surface area contributed by atoms with Crippen molar-refractivity contribution in [2.45, 2.75) is 33.2 Å². The van der Waals surface area contributed by atoms with Crippen LogP contribution in [-0.2, 0) is 0 Å². The van der Waals surface area contributed by atoms with Crippen molar-refractivity contribution in [2.75, 3.05) is 13.6 Å². The molecule has 0 aliphatic heterocycles. The number of hydrogen-bond acceptors (Lipinski definition) is 3. The first kappa shape index (κ1) is 22.6. The van der Waals surface area contributed by atoms with E-state index < -0.39 is 0 Å². The van der Waals surface area contributed by atoms with E-state index in [1.165, 1.54) is 0 Å². The Kier molecular flexibility index (Phi) is 9.26. The number of para-hydroxylation sites is 1. The topological polar surface area (TPSA) is 59.2 Å². The van der Waals surface area contributed by atoms with Gasteiger partial charge in [-0.25, -0.2) is 0 Å². The maximum absolute atomic E-state index is 12.8. The van der Waals surface area contributed by atoms with E-state index in [0.717, 1.165) is 23.0 Å². The molecule has 24 heavy (non-hydrogen) atoms. The molecular formula is C18H27Cl2N3O. The summed E-state index contributed by atoms with van der Waals surface area (Å²) in [5.74, 6) is 0.449. The van der Waals surface area contributed by atoms with Crippen molar-refractivity contribution < 1.29 is 4.79 Å². The third-order valence-electron chi connectivity index (χ3n) is 4.08. The van der Waals surface area contributed by atoms with Gasteiger partial charge in [0, 0.05) is 30.7 Å². The Hall–Kier alpha value is -1.36. The zero-order valence-electron chi connectivity index (χ0n) is 14.7. The predicted octanol–water partition coefficient (Wildman–Crippen LogP) is 3.83. The molecule has 1 amide bonds. The van der Waals surface area contributed by atoms with Gasteiger partial charge in [-0.3, -0.25) is 9.78 Å². The van der Waals surface area contributed by atoms with E-state index in [2.05, 4.69) is 18.8 Å². The Morgan fingerprint density at radius 1 is 1.25 bits per heavy atom. The van der Waals surface area contributed by atoms with Crippen molar-refractivity contribution in [1.29, 1.82) is 0 Å². The average Bonchev–Trinajstić information content (AvgIpc) is 2.50. The SMILES string of the molecule is Cc1cc(C(=O)N(C)CCC(N)C(C)C)c2ccccc2n1.Cl.Cl. The fraction of sp³-hybridized carbons (Fsp3) is 0.444. The standard InChI is InChI=1S/C18H25N3O.2ClH/c1-12(2)16(19)9-10-21(4)18(22)15-11-13(3)20-17-8-6-5-7-14(15)17;;/h5-8,11-12,16H,9-10,19H2,1-4H3;2*1H. The Morgan fingerprint density at radius 3 is 2.50 bits per heavy atom. The zero-order valence-corrected chi connectivity index (χ0v) is 16.3. The summed E-state index contributed by atoms with van der Waals surface area (Å²) in [7, 11) is 1.83. The number of aromatic nitrogens is 1. The van der Waals surface area contributed by atoms with Gasteiger partial charge in [0.25, 0.3) is 5.91 Å². The van der Waals surface area contributed by atoms with E-state index in [0.29, 0.717) is 18.0 Å². The highest BCUT2D eigenvalue weighted by molar-refractivity contribution is 6.06. The third-order valence-corrected chi connectivity index (χ3v) is 4.08. The maximum atomic E-state index is 12.8. The molecule has 2 aromatic rings. The van der Waals surface area contributed by atoms with Crippen molar-refractivity contribution in [3.8, 4) is 0 Å². The fourth-order valence-corrected chi connectivity index (χ4v) is 2.47. The van der Waals surface area contributed by atoms with Crippen LogP contribution in [-0.4, -0.2) is 35.4 Å². The molecule has 6 heteroatoms. The minimum Gasteiger partial charge on any atom is -0.342 e. The number of amides is 1. The van der Waals surface area contributed by atoms with Gasteiger partial charge < -0.3 is 10.6 Å². The van der Waals surface area contributed by atoms with Crippen LogP contribution in [0.1, 0.15) is 36.3 Å². The fourth-order valence-electron chi connectivity index (χ4n) is 2.47. The molecule has 0 fully saturated rings. The van der Waals surface area contributed by atoms with Crippen molar-refractivity contribution in [2.24, 2.45) is 11.7 Å². The lowest BCUT2D eigenvalue weighted by Crippen LogP contribution is -2.34. The summed E-state index contributed by atoms with van der Waals surface area (Å²) >= 11 is 0. The Morgan fingerprint density at radius 2 is 1.88 bits per heavy atom. The molecular weight excluding hydrogens is 345 g/mol. The number of nitrogens with two attached hydrogens (primary N) is 1. The monoisotopic (exact) mass is 371 g/mol. The number of carbonyl (C=O) groups is 1. The highest BCUT2D eigenvalue weighted by Gasteiger charge is 2.17. The second-order valence-corrected chi connectivity index (χ2v) is 6.25. The molecule has 0 spiro atoms. The molecule has 0 saturated heterocycles. The number of pyridine rings is 1. The molecule has 0 aliphatic carbocycles. The van der Waals surface area contributed by atoms with Crippen LogP contribution in [0.2, 0.25) is 0 Å². The van der Waals surface area contributed by atoms with Gasteiger partial charge in [-0.1, -0.05) is 32.0 Å². The molecule has 0 saturated carbocycles. The van der Waals surface area contributed by atoms with E-state index in [1.807, 2.05) is 44.3 Å². The average molecular weight is 372 g/mol. The number of hydrogen-bond donors (Lipinski definition) is 1. The lowest BCUT2D eigenvalue weighted by Gasteiger charge is -2.22. The second kappa shape index (κ2) is 9.82. The van der Waals surface area contributed by atoms with Gasteiger partial charge in [0.1, 0.15) is 0 Å². The second-order valence-electron chi connectivity index (χ2n) is 6.25. The number of benzene rings is 1. The first-order chi connectivity index (χ1) is 10.4. The minimum absolute atomic E-state index is 0. The summed E-state index contributed by atoms with van der Waals surface area (Å²) in [6, 6.07) is 9.74. The van der Waals surface area contributed by atoms with Crippen LogP contribution >= 0.6 is 24.8 Å². The maximum Gasteiger partial charge on any atom is 0.254 e. The largest absolute Gasteiger partial charge is 0.342 e. The van der Waals surface area contributed by atoms with Crippen molar-refractivity contribution >= 4 is 41.6 Å². The minimum atomic E-state index is 0. The number of fused-ring (bicyclic) bond motifs is 1. The van der Waals surface area contributed by atoms with E-state index in [9.17, 15) is 4.79 Å². The Bertz CT molecular complexity index is 676. The van der Waals surface area contributed by atoms with Crippen LogP contribution in [0.4, 0.5) is 0 Å². The van der Waals surface area contributed by atoms with E-state index >= 15 is 0 Å². The van der Waals surface area contributed by atoms with Gasteiger partial charge in [-0.15, -0.1) is 24.8 Å². The smallest absolute Gasteiger partial charge is 0.254 e. The van der Waals surface area contributed by atoms with Gasteiger partial charge in [0.05, 0.1) is 11.1 Å². The van der Waals surface area contributed by atoms with E-state index in [4.69, 9.17) is 5.73 Å². The molecule has 1 unspecified atom stereocenters. The highest BCUT2D eigenvalue weighted by Crippen LogP contribution is 2.19. The van der Waals surface area contributed by atoms with Crippen molar-refractivity contribution in [3.05, 3.63) is 41.6 Å². The molecule has 0 aliphatic rings. The van der Waals surface area contributed by atoms with Crippen LogP contribution in [0.5, 0.6) is 0 Å². The van der Waals surface area contributed by atoms with Crippen LogP contribution in [0, 0.1) is 12.8 Å². The molecule has 2 rings (SSSR count). The molecule has 1 heterocycles. The van der Waals surface area contributed by atoms with Gasteiger partial charge in [-0.05, 0) is 31.4 Å². The number of aryl methyl sites for hydroxylation is 1. The number of carbonyl (C=O) groups excluding carboxylic acids is 1. The van der Waals surface area contributed by atoms with Crippen LogP contribution < -0.4 is 5.73 Å². The van der Waals surface area contributed by atoms with Gasteiger partial charge in [0.15, 0.2) is 0 Å². The van der Waals surface area contributed by atoms with Crippen LogP contribution in [0.25, 0.3) is 10.9 Å². The molecule has 134 valence electrons. The summed E-state index contributed by atoms with van der Waals surface area (Å²) in [5, 5.41) is 0.901. The first-order valence-electron chi connectivity index (χ1n) is 7.77. The van der Waals surface area contributed by atoms with E-state index in [-0.39, 0.29) is 36.8 Å². The number of rotatable bonds is 5. The summed E-state index contributed by atoms with van der Waals surface area (Å²) < 4.78 is 0. The van der Waals surface area contributed by atoms with Crippen molar-refractivity contribution in [3.63, 3.8) is 0 Å². The summed E-state index contributed by atoms with van der Waals surface area (Å²) in [5.41, 5.74) is 8.50. The summed E-state index contributed by atoms with van der Waals surface area (Å²) in [6.07, 6.45) is 0.807. The molecule has 0 bridgehead atoms. The van der Waals surface area contributed by atoms with E-state index in [1.54, 1.807) is 4.90 Å². The van der Waals surface area contributed by atoms with Gasteiger partial charge in [-0.2, -0.15) is 0 Å². The molecule has 0 radical (unpaired) electrons. The lowest BCUT2D eigenvalue weighted by molar-refractivity contribution is 0.0791. The normalized spacial score (nSPS) is 11.6. The van der Waals surface area contributed by atoms with Gasteiger partial charge >= 0.3 is 0 Å². The third kappa shape index (κ3) is 5.33. The van der Waals surface area contributed by atoms with Crippen LogP contribution in [0.15, 0.2) is 30.3 Å². The Labute approximate surface area is 156 Å². The number of nitrogens with zero attached hydrogens (tertiary/aromatic N) is 2. The lowest BCUT2D eigenvalue weighted by atomic mass is 10.0. The Balaban J connectivity index is 0.00000264. The quantitative estimate of drug-likeness (QED) is 0.868.